The van der Waals surface area contributed by atoms with E-state index in [0.717, 1.165) is 29.9 Å². The van der Waals surface area contributed by atoms with E-state index in [1.54, 1.807) is 11.8 Å². The number of allylic oxidation sites excluding steroid dienone is 3. The van der Waals surface area contributed by atoms with Crippen molar-refractivity contribution in [2.45, 2.75) is 57.3 Å². The number of carboxylic acids is 1. The summed E-state index contributed by atoms with van der Waals surface area (Å²) in [5.41, 5.74) is 11.7. The summed E-state index contributed by atoms with van der Waals surface area (Å²) in [5.74, 6) is 0.0610. The van der Waals surface area contributed by atoms with Crippen LogP contribution < -0.4 is 5.73 Å². The quantitative estimate of drug-likeness (QED) is 0.270. The Morgan fingerprint density at radius 2 is 2.08 bits per heavy atom. The molecule has 0 heterocycles. The van der Waals surface area contributed by atoms with E-state index in [1.807, 2.05) is 6.08 Å². The summed E-state index contributed by atoms with van der Waals surface area (Å²) in [7, 11) is 0. The van der Waals surface area contributed by atoms with Gasteiger partial charge in [0.15, 0.2) is 0 Å². The average molecular weight is 374 g/mol. The Morgan fingerprint density at radius 1 is 1.35 bits per heavy atom. The predicted molar refractivity (Wildman–Crippen MR) is 113 cm³/mol. The summed E-state index contributed by atoms with van der Waals surface area (Å²) in [6.07, 6.45) is 6.42. The Hall–Kier alpha value is -1.94. The van der Waals surface area contributed by atoms with Crippen molar-refractivity contribution in [3.05, 3.63) is 59.8 Å². The van der Waals surface area contributed by atoms with Gasteiger partial charge in [0.1, 0.15) is 0 Å². The van der Waals surface area contributed by atoms with Crippen LogP contribution in [-0.2, 0) is 4.79 Å². The van der Waals surface area contributed by atoms with Crippen molar-refractivity contribution in [2.75, 3.05) is 5.75 Å². The Morgan fingerprint density at radius 3 is 2.65 bits per heavy atom. The van der Waals surface area contributed by atoms with Crippen molar-refractivity contribution in [3.8, 4) is 0 Å². The molecule has 0 saturated carbocycles. The first-order valence-electron chi connectivity index (χ1n) is 9.09. The number of carboxylic acid groups (broad SMARTS) is 1. The fourth-order valence-electron chi connectivity index (χ4n) is 2.88. The molecular weight excluding hydrogens is 342 g/mol. The molecule has 4 heteroatoms. The molecule has 26 heavy (non-hydrogen) atoms. The van der Waals surface area contributed by atoms with E-state index >= 15 is 0 Å². The van der Waals surface area contributed by atoms with Gasteiger partial charge in [-0.1, -0.05) is 31.2 Å². The lowest BCUT2D eigenvalue weighted by molar-refractivity contribution is -0.137. The summed E-state index contributed by atoms with van der Waals surface area (Å²) in [4.78, 5) is 11.8. The molecule has 1 aromatic rings. The Bertz CT molecular complexity index is 677. The van der Waals surface area contributed by atoms with Crippen LogP contribution in [-0.4, -0.2) is 16.8 Å². The number of hydrogen-bond donors (Lipinski definition) is 2. The summed E-state index contributed by atoms with van der Waals surface area (Å²) in [5, 5.41) is 8.76. The van der Waals surface area contributed by atoms with Gasteiger partial charge in [0.05, 0.1) is 0 Å². The van der Waals surface area contributed by atoms with Crippen molar-refractivity contribution >= 4 is 23.3 Å². The Kier molecular flexibility index (Phi) is 9.89. The number of benzene rings is 1. The van der Waals surface area contributed by atoms with Crippen LogP contribution >= 0.6 is 11.8 Å². The van der Waals surface area contributed by atoms with Gasteiger partial charge < -0.3 is 10.8 Å². The highest BCUT2D eigenvalue weighted by atomic mass is 32.2. The summed E-state index contributed by atoms with van der Waals surface area (Å²) >= 11 is 1.70. The van der Waals surface area contributed by atoms with Gasteiger partial charge in [0, 0.05) is 23.4 Å². The smallest absolute Gasteiger partial charge is 0.303 e. The van der Waals surface area contributed by atoms with Gasteiger partial charge in [-0.25, -0.2) is 0 Å². The van der Waals surface area contributed by atoms with E-state index in [4.69, 9.17) is 10.8 Å². The number of nitrogens with two attached hydrogens (primary N) is 1. The van der Waals surface area contributed by atoms with Gasteiger partial charge in [-0.2, -0.15) is 0 Å². The highest BCUT2D eigenvalue weighted by Gasteiger charge is 2.12. The molecule has 0 aliphatic heterocycles. The molecule has 3 nitrogen and oxygen atoms in total. The van der Waals surface area contributed by atoms with Crippen molar-refractivity contribution in [2.24, 2.45) is 5.73 Å². The van der Waals surface area contributed by atoms with Crippen LogP contribution in [0.3, 0.4) is 0 Å². The molecule has 0 atom stereocenters. The lowest BCUT2D eigenvalue weighted by Gasteiger charge is -2.18. The Balaban J connectivity index is 3.13. The van der Waals surface area contributed by atoms with E-state index in [1.165, 1.54) is 22.3 Å². The lowest BCUT2D eigenvalue weighted by Crippen LogP contribution is -2.02. The van der Waals surface area contributed by atoms with E-state index in [2.05, 4.69) is 45.2 Å². The zero-order valence-corrected chi connectivity index (χ0v) is 16.8. The second-order valence-electron chi connectivity index (χ2n) is 6.42. The zero-order valence-electron chi connectivity index (χ0n) is 16.0. The first-order valence-corrected chi connectivity index (χ1v) is 10.1. The van der Waals surface area contributed by atoms with Gasteiger partial charge >= 0.3 is 5.97 Å². The lowest BCUT2D eigenvalue weighted by atomic mass is 9.89. The van der Waals surface area contributed by atoms with Gasteiger partial charge in [-0.15, -0.1) is 18.3 Å². The number of hydrogen-bond acceptors (Lipinski definition) is 3. The van der Waals surface area contributed by atoms with Crippen LogP contribution in [0.25, 0.3) is 5.57 Å². The number of rotatable bonds is 12. The first-order chi connectivity index (χ1) is 12.4. The third-order valence-corrected chi connectivity index (χ3v) is 5.33. The highest BCUT2D eigenvalue weighted by molar-refractivity contribution is 7.99. The molecule has 0 spiro atoms. The SMILES string of the molecule is C=CCC/C(CC)=C(/CC(=C)N)c1cc(SCCCC(=O)O)ccc1C. The third kappa shape index (κ3) is 7.52. The van der Waals surface area contributed by atoms with Crippen molar-refractivity contribution in [3.63, 3.8) is 0 Å². The van der Waals surface area contributed by atoms with E-state index in [-0.39, 0.29) is 6.42 Å². The molecule has 142 valence electrons. The second kappa shape index (κ2) is 11.6. The highest BCUT2D eigenvalue weighted by Crippen LogP contribution is 2.33. The molecule has 0 bridgehead atoms. The zero-order chi connectivity index (χ0) is 19.5. The van der Waals surface area contributed by atoms with Crippen LogP contribution in [0, 0.1) is 6.92 Å². The summed E-state index contributed by atoms with van der Waals surface area (Å²) < 4.78 is 0. The molecule has 0 aliphatic rings. The fraction of sp³-hybridized carbons (Fsp3) is 0.409. The number of aliphatic carboxylic acids is 1. The van der Waals surface area contributed by atoms with E-state index < -0.39 is 5.97 Å². The number of aryl methyl sites for hydroxylation is 1. The largest absolute Gasteiger partial charge is 0.481 e. The van der Waals surface area contributed by atoms with E-state index in [9.17, 15) is 4.79 Å². The second-order valence-corrected chi connectivity index (χ2v) is 7.59. The summed E-state index contributed by atoms with van der Waals surface area (Å²) in [6.45, 7) is 12.0. The van der Waals surface area contributed by atoms with Gasteiger partial charge in [-0.05, 0) is 67.2 Å². The molecular formula is C22H31NO2S. The molecule has 0 unspecified atom stereocenters. The molecule has 0 radical (unpaired) electrons. The van der Waals surface area contributed by atoms with E-state index in [0.29, 0.717) is 18.5 Å². The number of carbonyl (C=O) groups is 1. The van der Waals surface area contributed by atoms with Crippen molar-refractivity contribution in [1.82, 2.24) is 0 Å². The van der Waals surface area contributed by atoms with Gasteiger partial charge in [0.2, 0.25) is 0 Å². The standard InChI is InChI=1S/C22H31NO2S/c1-5-7-9-18(6-2)21(14-17(4)23)20-15-19(12-11-16(20)3)26-13-8-10-22(24)25/h5,11-12,15H,1,4,6-10,13-14,23H2,2-3H3,(H,24,25)/b21-18-. The first kappa shape index (κ1) is 22.1. The monoisotopic (exact) mass is 373 g/mol. The third-order valence-electron chi connectivity index (χ3n) is 4.25. The van der Waals surface area contributed by atoms with Gasteiger partial charge in [-0.3, -0.25) is 4.79 Å². The molecule has 0 fully saturated rings. The van der Waals surface area contributed by atoms with Gasteiger partial charge in [0.25, 0.3) is 0 Å². The maximum absolute atomic E-state index is 10.7. The van der Waals surface area contributed by atoms with Crippen LogP contribution in [0.4, 0.5) is 0 Å². The molecule has 3 N–H and O–H groups in total. The minimum Gasteiger partial charge on any atom is -0.481 e. The Labute approximate surface area is 162 Å². The number of thioether (sulfide) groups is 1. The summed E-state index contributed by atoms with van der Waals surface area (Å²) in [6, 6.07) is 6.45. The normalized spacial score (nSPS) is 11.8. The fourth-order valence-corrected chi connectivity index (χ4v) is 3.77. The predicted octanol–water partition coefficient (Wildman–Crippen LogP) is 5.94. The minimum atomic E-state index is -0.739. The maximum Gasteiger partial charge on any atom is 0.303 e. The van der Waals surface area contributed by atoms with Crippen LogP contribution in [0.2, 0.25) is 0 Å². The molecule has 1 aromatic carbocycles. The maximum atomic E-state index is 10.7. The van der Waals surface area contributed by atoms with Crippen LogP contribution in [0.1, 0.15) is 56.6 Å². The van der Waals surface area contributed by atoms with Crippen LogP contribution in [0.5, 0.6) is 0 Å². The molecule has 0 saturated heterocycles. The molecule has 1 rings (SSSR count). The molecule has 0 aromatic heterocycles. The van der Waals surface area contributed by atoms with Crippen molar-refractivity contribution in [1.29, 1.82) is 0 Å². The molecule has 0 aliphatic carbocycles. The van der Waals surface area contributed by atoms with Crippen molar-refractivity contribution < 1.29 is 9.90 Å². The minimum absolute atomic E-state index is 0.214. The average Bonchev–Trinajstić information content (AvgIpc) is 2.59. The molecule has 0 amide bonds. The topological polar surface area (TPSA) is 63.3 Å². The van der Waals surface area contributed by atoms with Crippen LogP contribution in [0.15, 0.2) is 53.6 Å².